The van der Waals surface area contributed by atoms with Crippen molar-refractivity contribution in [2.75, 3.05) is 5.73 Å². The number of nitrogens with two attached hydrogens (primary N) is 1. The number of hydrogen-bond acceptors (Lipinski definition) is 11. The summed E-state index contributed by atoms with van der Waals surface area (Å²) in [7, 11) is -10.2. The van der Waals surface area contributed by atoms with E-state index in [1.165, 1.54) is 24.3 Å². The van der Waals surface area contributed by atoms with Crippen molar-refractivity contribution in [3.8, 4) is 5.75 Å². The standard InChI is InChI=1S/C25H19N3O8S2/c26-20-14-19(37(31,32)33)12-17-13-22(38(34,35)36)24(25(30)23(17)20)28-27-18-8-4-5-15(11-18)9-10-21(29)16-6-2-1-3-7-16/h1-14,30H,26H2,(H,31,32,33)(H,34,35,36)/p-2/b10-9-,28-27?. The van der Waals surface area contributed by atoms with Crippen LogP contribution in [0.3, 0.4) is 0 Å². The van der Waals surface area contributed by atoms with E-state index in [-0.39, 0.29) is 27.9 Å². The molecule has 0 aliphatic heterocycles. The number of fused-ring (bicyclic) bond motifs is 1. The molecule has 0 aliphatic carbocycles. The summed E-state index contributed by atoms with van der Waals surface area (Å²) < 4.78 is 70.0. The highest BCUT2D eigenvalue weighted by atomic mass is 32.2. The van der Waals surface area contributed by atoms with E-state index in [0.29, 0.717) is 11.1 Å². The third kappa shape index (κ3) is 5.76. The molecule has 0 bridgehead atoms. The Balaban J connectivity index is 1.75. The van der Waals surface area contributed by atoms with Crippen molar-refractivity contribution < 1.29 is 35.8 Å². The minimum Gasteiger partial charge on any atom is -0.744 e. The van der Waals surface area contributed by atoms with Gasteiger partial charge in [0.25, 0.3) is 0 Å². The molecular weight excluding hydrogens is 534 g/mol. The Bertz CT molecular complexity index is 1850. The van der Waals surface area contributed by atoms with Crippen LogP contribution in [0, 0.1) is 0 Å². The minimum atomic E-state index is -5.25. The fourth-order valence-electron chi connectivity index (χ4n) is 3.59. The highest BCUT2D eigenvalue weighted by Gasteiger charge is 2.20. The van der Waals surface area contributed by atoms with Gasteiger partial charge in [-0.05, 0) is 47.4 Å². The molecule has 13 heteroatoms. The number of anilines is 1. The molecule has 0 atom stereocenters. The van der Waals surface area contributed by atoms with Gasteiger partial charge in [0.15, 0.2) is 11.5 Å². The maximum absolute atomic E-state index is 12.3. The van der Waals surface area contributed by atoms with Gasteiger partial charge in [0, 0.05) is 16.6 Å². The molecular formula is C25H17N3O8S2-2. The third-order valence-electron chi connectivity index (χ3n) is 5.33. The number of ketones is 1. The van der Waals surface area contributed by atoms with E-state index in [2.05, 4.69) is 10.2 Å². The number of phenols is 1. The maximum atomic E-state index is 12.3. The Kier molecular flexibility index (Phi) is 7.11. The smallest absolute Gasteiger partial charge is 0.185 e. The summed E-state index contributed by atoms with van der Waals surface area (Å²) in [5.74, 6) is -1.08. The molecule has 0 amide bonds. The number of carbonyl (C=O) groups is 1. The molecule has 11 nitrogen and oxygen atoms in total. The van der Waals surface area contributed by atoms with Gasteiger partial charge in [0.2, 0.25) is 0 Å². The molecule has 194 valence electrons. The molecule has 0 fully saturated rings. The molecule has 0 unspecified atom stereocenters. The Labute approximate surface area is 217 Å². The second kappa shape index (κ2) is 10.1. The Morgan fingerprint density at radius 1 is 0.868 bits per heavy atom. The number of rotatable bonds is 7. The molecule has 0 saturated carbocycles. The van der Waals surface area contributed by atoms with Gasteiger partial charge in [-0.2, -0.15) is 5.11 Å². The minimum absolute atomic E-state index is 0.189. The Hall–Kier alpha value is -4.43. The van der Waals surface area contributed by atoms with Gasteiger partial charge in [-0.1, -0.05) is 48.5 Å². The number of aromatic hydroxyl groups is 1. The maximum Gasteiger partial charge on any atom is 0.185 e. The van der Waals surface area contributed by atoms with Gasteiger partial charge in [-0.25, -0.2) is 16.8 Å². The van der Waals surface area contributed by atoms with Crippen LogP contribution >= 0.6 is 0 Å². The van der Waals surface area contributed by atoms with Gasteiger partial charge in [-0.15, -0.1) is 5.11 Å². The van der Waals surface area contributed by atoms with Crippen LogP contribution in [0.1, 0.15) is 15.9 Å². The fourth-order valence-corrected chi connectivity index (χ4v) is 4.78. The van der Waals surface area contributed by atoms with Crippen LogP contribution in [0.2, 0.25) is 0 Å². The summed E-state index contributed by atoms with van der Waals surface area (Å²) in [5.41, 5.74) is 5.96. The molecule has 0 saturated heterocycles. The predicted octanol–water partition coefficient (Wildman–Crippen LogP) is 4.25. The zero-order valence-electron chi connectivity index (χ0n) is 19.2. The lowest BCUT2D eigenvalue weighted by Gasteiger charge is -2.16. The van der Waals surface area contributed by atoms with Crippen LogP contribution in [0.25, 0.3) is 16.8 Å². The topological polar surface area (TPSA) is 202 Å². The number of hydrogen-bond donors (Lipinski definition) is 2. The number of nitrogen functional groups attached to an aromatic ring is 1. The summed E-state index contributed by atoms with van der Waals surface area (Å²) >= 11 is 0. The highest BCUT2D eigenvalue weighted by Crippen LogP contribution is 2.44. The molecule has 0 aromatic heterocycles. The second-order valence-electron chi connectivity index (χ2n) is 7.95. The van der Waals surface area contributed by atoms with E-state index in [1.54, 1.807) is 42.5 Å². The normalized spacial score (nSPS) is 12.5. The lowest BCUT2D eigenvalue weighted by Crippen LogP contribution is -2.03. The van der Waals surface area contributed by atoms with E-state index < -0.39 is 41.5 Å². The van der Waals surface area contributed by atoms with Crippen molar-refractivity contribution in [2.45, 2.75) is 9.79 Å². The Morgan fingerprint density at radius 3 is 2.24 bits per heavy atom. The lowest BCUT2D eigenvalue weighted by molar-refractivity contribution is 0.104. The summed E-state index contributed by atoms with van der Waals surface area (Å²) in [6.45, 7) is 0. The zero-order valence-corrected chi connectivity index (χ0v) is 20.8. The number of carbonyl (C=O) groups excluding carboxylic acids is 1. The summed E-state index contributed by atoms with van der Waals surface area (Å²) in [6.07, 6.45) is 2.90. The molecule has 0 radical (unpaired) electrons. The first kappa shape index (κ1) is 26.6. The van der Waals surface area contributed by atoms with E-state index in [9.17, 15) is 35.8 Å². The summed E-state index contributed by atoms with van der Waals surface area (Å²) in [4.78, 5) is 10.5. The molecule has 0 heterocycles. The fraction of sp³-hybridized carbons (Fsp3) is 0. The van der Waals surface area contributed by atoms with Crippen molar-refractivity contribution in [1.29, 1.82) is 0 Å². The average Bonchev–Trinajstić information content (AvgIpc) is 2.86. The highest BCUT2D eigenvalue weighted by molar-refractivity contribution is 7.86. The quantitative estimate of drug-likeness (QED) is 0.111. The summed E-state index contributed by atoms with van der Waals surface area (Å²) in [5, 5.41) is 17.9. The van der Waals surface area contributed by atoms with Crippen LogP contribution in [0.5, 0.6) is 5.75 Å². The SMILES string of the molecule is Nc1cc(S(=O)(=O)[O-])cc2cc(S(=O)(=O)[O-])c(N=Nc3cccc(/C=C\C(=O)c4ccccc4)c3)c(O)c12. The van der Waals surface area contributed by atoms with Gasteiger partial charge >= 0.3 is 0 Å². The van der Waals surface area contributed by atoms with Crippen LogP contribution < -0.4 is 5.73 Å². The lowest BCUT2D eigenvalue weighted by atomic mass is 10.1. The van der Waals surface area contributed by atoms with Crippen LogP contribution in [-0.4, -0.2) is 36.8 Å². The third-order valence-corrected chi connectivity index (χ3v) is 7.00. The number of allylic oxidation sites excluding steroid dienone is 1. The monoisotopic (exact) mass is 551 g/mol. The van der Waals surface area contributed by atoms with E-state index in [4.69, 9.17) is 5.73 Å². The first-order valence-corrected chi connectivity index (χ1v) is 13.5. The molecule has 38 heavy (non-hydrogen) atoms. The van der Waals surface area contributed by atoms with Crippen molar-refractivity contribution >= 4 is 59.9 Å². The number of benzene rings is 4. The van der Waals surface area contributed by atoms with Gasteiger partial charge in [0.1, 0.15) is 25.9 Å². The van der Waals surface area contributed by atoms with Crippen LogP contribution in [0.15, 0.2) is 98.9 Å². The van der Waals surface area contributed by atoms with Crippen LogP contribution in [-0.2, 0) is 20.2 Å². The van der Waals surface area contributed by atoms with Gasteiger partial charge < -0.3 is 19.9 Å². The largest absolute Gasteiger partial charge is 0.744 e. The molecule has 0 aliphatic rings. The van der Waals surface area contributed by atoms with Crippen molar-refractivity contribution in [2.24, 2.45) is 10.2 Å². The summed E-state index contributed by atoms with van der Waals surface area (Å²) in [6, 6.07) is 17.2. The number of nitrogens with zero attached hydrogens (tertiary/aromatic N) is 2. The number of azo groups is 1. The zero-order chi connectivity index (χ0) is 27.7. The van der Waals surface area contributed by atoms with Gasteiger partial charge in [0.05, 0.1) is 15.5 Å². The molecule has 0 spiro atoms. The molecule has 4 rings (SSSR count). The molecule has 3 N–H and O–H groups in total. The second-order valence-corrected chi connectivity index (χ2v) is 10.7. The van der Waals surface area contributed by atoms with E-state index in [1.807, 2.05) is 0 Å². The van der Waals surface area contributed by atoms with Crippen molar-refractivity contribution in [3.05, 3.63) is 90.0 Å². The average molecular weight is 552 g/mol. The Morgan fingerprint density at radius 2 is 1.58 bits per heavy atom. The molecule has 4 aromatic rings. The predicted molar refractivity (Wildman–Crippen MR) is 136 cm³/mol. The first-order valence-electron chi connectivity index (χ1n) is 10.6. The van der Waals surface area contributed by atoms with E-state index >= 15 is 0 Å². The number of phenolic OH excluding ortho intramolecular Hbond substituents is 1. The van der Waals surface area contributed by atoms with Crippen molar-refractivity contribution in [1.82, 2.24) is 0 Å². The van der Waals surface area contributed by atoms with Crippen molar-refractivity contribution in [3.63, 3.8) is 0 Å². The van der Waals surface area contributed by atoms with Crippen LogP contribution in [0.4, 0.5) is 17.1 Å². The first-order chi connectivity index (χ1) is 17.8. The van der Waals surface area contributed by atoms with Gasteiger partial charge in [-0.3, -0.25) is 4.79 Å². The van der Waals surface area contributed by atoms with E-state index in [0.717, 1.165) is 18.2 Å². The molecule has 4 aromatic carbocycles.